The zero-order valence-electron chi connectivity index (χ0n) is 13.0. The van der Waals surface area contributed by atoms with Crippen molar-refractivity contribution in [3.8, 4) is 11.4 Å². The largest absolute Gasteiger partial charge is 0.494 e. The summed E-state index contributed by atoms with van der Waals surface area (Å²) in [6.07, 6.45) is 3.69. The second-order valence-electron chi connectivity index (χ2n) is 5.09. The van der Waals surface area contributed by atoms with Gasteiger partial charge in [-0.25, -0.2) is 15.0 Å². The molecule has 2 heterocycles. The van der Waals surface area contributed by atoms with Gasteiger partial charge in [0.05, 0.1) is 24.8 Å². The first-order valence-electron chi connectivity index (χ1n) is 7.02. The molecule has 0 bridgehead atoms. The zero-order valence-corrected chi connectivity index (χ0v) is 13.8. The monoisotopic (exact) mass is 329 g/mol. The minimum absolute atomic E-state index is 0.400. The summed E-state index contributed by atoms with van der Waals surface area (Å²) in [5, 5.41) is 3.53. The van der Waals surface area contributed by atoms with Crippen LogP contribution in [0.2, 0.25) is 5.15 Å². The number of aromatic nitrogens is 4. The van der Waals surface area contributed by atoms with Crippen LogP contribution in [0.25, 0.3) is 5.69 Å². The molecule has 2 aromatic heterocycles. The first-order chi connectivity index (χ1) is 11.0. The molecule has 6 nitrogen and oxygen atoms in total. The average Bonchev–Trinajstić information content (AvgIpc) is 2.92. The molecule has 0 atom stereocenters. The fraction of sp³-hybridized carbons (Fsp3) is 0.188. The summed E-state index contributed by atoms with van der Waals surface area (Å²) in [6.45, 7) is 3.81. The molecule has 0 spiro atoms. The molecule has 3 rings (SSSR count). The van der Waals surface area contributed by atoms with Crippen molar-refractivity contribution in [3.63, 3.8) is 0 Å². The lowest BCUT2D eigenvalue weighted by molar-refractivity contribution is 0.413. The molecule has 23 heavy (non-hydrogen) atoms. The molecule has 0 aliphatic rings. The number of nitrogens with zero attached hydrogens (tertiary/aromatic N) is 4. The van der Waals surface area contributed by atoms with Crippen molar-refractivity contribution < 1.29 is 4.74 Å². The number of aryl methyl sites for hydroxylation is 2. The van der Waals surface area contributed by atoms with Crippen LogP contribution in [-0.2, 0) is 0 Å². The Morgan fingerprint density at radius 3 is 2.61 bits per heavy atom. The van der Waals surface area contributed by atoms with E-state index in [9.17, 15) is 0 Å². The van der Waals surface area contributed by atoms with Gasteiger partial charge in [0.1, 0.15) is 10.9 Å². The molecule has 0 fully saturated rings. The summed E-state index contributed by atoms with van der Waals surface area (Å²) >= 11 is 5.96. The van der Waals surface area contributed by atoms with Crippen LogP contribution in [0.3, 0.4) is 0 Å². The molecular weight excluding hydrogens is 314 g/mol. The highest BCUT2D eigenvalue weighted by molar-refractivity contribution is 6.29. The van der Waals surface area contributed by atoms with E-state index in [4.69, 9.17) is 16.3 Å². The standard InChI is InChI=1S/C16H16ClN5O/c1-10-6-15(17)21-16(19-10)20-12-4-5-13(14(7-12)23-3)22-8-11(2)18-9-22/h4-9H,1-3H3,(H,19,20,21). The molecule has 3 aromatic rings. The SMILES string of the molecule is COc1cc(Nc2nc(C)cc(Cl)n2)ccc1-n1cnc(C)c1. The number of hydrogen-bond acceptors (Lipinski definition) is 5. The minimum Gasteiger partial charge on any atom is -0.494 e. The maximum Gasteiger partial charge on any atom is 0.228 e. The van der Waals surface area contributed by atoms with E-state index in [0.717, 1.165) is 22.8 Å². The number of hydrogen-bond donors (Lipinski definition) is 1. The van der Waals surface area contributed by atoms with Crippen molar-refractivity contribution in [1.29, 1.82) is 0 Å². The summed E-state index contributed by atoms with van der Waals surface area (Å²) in [4.78, 5) is 12.7. The Morgan fingerprint density at radius 2 is 1.96 bits per heavy atom. The highest BCUT2D eigenvalue weighted by atomic mass is 35.5. The zero-order chi connectivity index (χ0) is 16.4. The second-order valence-corrected chi connectivity index (χ2v) is 5.48. The van der Waals surface area contributed by atoms with Crippen LogP contribution in [0.5, 0.6) is 5.75 Å². The van der Waals surface area contributed by atoms with E-state index in [1.807, 2.05) is 42.8 Å². The van der Waals surface area contributed by atoms with Crippen molar-refractivity contribution in [2.24, 2.45) is 0 Å². The lowest BCUT2D eigenvalue weighted by Crippen LogP contribution is -2.01. The van der Waals surface area contributed by atoms with E-state index >= 15 is 0 Å². The lowest BCUT2D eigenvalue weighted by Gasteiger charge is -2.12. The average molecular weight is 330 g/mol. The van der Waals surface area contributed by atoms with E-state index in [0.29, 0.717) is 16.9 Å². The minimum atomic E-state index is 0.400. The van der Waals surface area contributed by atoms with Crippen molar-refractivity contribution in [1.82, 2.24) is 19.5 Å². The fourth-order valence-corrected chi connectivity index (χ4v) is 2.47. The molecule has 0 saturated carbocycles. The summed E-state index contributed by atoms with van der Waals surface area (Å²) in [7, 11) is 1.63. The number of halogens is 1. The Kier molecular flexibility index (Phi) is 4.16. The summed E-state index contributed by atoms with van der Waals surface area (Å²) in [5.41, 5.74) is 3.45. The number of methoxy groups -OCH3 is 1. The van der Waals surface area contributed by atoms with Gasteiger partial charge in [0.2, 0.25) is 5.95 Å². The topological polar surface area (TPSA) is 64.9 Å². The third-order valence-electron chi connectivity index (χ3n) is 3.25. The predicted molar refractivity (Wildman–Crippen MR) is 89.9 cm³/mol. The molecule has 0 aliphatic carbocycles. The fourth-order valence-electron chi connectivity index (χ4n) is 2.24. The van der Waals surface area contributed by atoms with E-state index < -0.39 is 0 Å². The van der Waals surface area contributed by atoms with Gasteiger partial charge in [-0.2, -0.15) is 0 Å². The molecule has 1 N–H and O–H groups in total. The molecule has 0 radical (unpaired) electrons. The van der Waals surface area contributed by atoms with Crippen LogP contribution < -0.4 is 10.1 Å². The van der Waals surface area contributed by atoms with Gasteiger partial charge < -0.3 is 14.6 Å². The maximum atomic E-state index is 5.96. The Morgan fingerprint density at radius 1 is 1.13 bits per heavy atom. The van der Waals surface area contributed by atoms with Crippen molar-refractivity contribution in [3.05, 3.63) is 53.3 Å². The number of ether oxygens (including phenoxy) is 1. The van der Waals surface area contributed by atoms with Gasteiger partial charge in [0.25, 0.3) is 0 Å². The van der Waals surface area contributed by atoms with Crippen molar-refractivity contribution in [2.75, 3.05) is 12.4 Å². The Labute approximate surface area is 139 Å². The Balaban J connectivity index is 1.92. The van der Waals surface area contributed by atoms with Gasteiger partial charge in [0, 0.05) is 23.6 Å². The summed E-state index contributed by atoms with van der Waals surface area (Å²) < 4.78 is 7.39. The van der Waals surface area contributed by atoms with E-state index in [1.165, 1.54) is 0 Å². The molecule has 7 heteroatoms. The number of imidazole rings is 1. The van der Waals surface area contributed by atoms with E-state index in [2.05, 4.69) is 20.3 Å². The van der Waals surface area contributed by atoms with Gasteiger partial charge in [0.15, 0.2) is 0 Å². The first-order valence-corrected chi connectivity index (χ1v) is 7.40. The summed E-state index contributed by atoms with van der Waals surface area (Å²) in [6, 6.07) is 7.45. The van der Waals surface area contributed by atoms with Crippen molar-refractivity contribution in [2.45, 2.75) is 13.8 Å². The van der Waals surface area contributed by atoms with Gasteiger partial charge in [-0.3, -0.25) is 0 Å². The first kappa shape index (κ1) is 15.3. The molecule has 1 aromatic carbocycles. The third-order valence-corrected chi connectivity index (χ3v) is 3.44. The molecule has 118 valence electrons. The predicted octanol–water partition coefficient (Wildman–Crippen LogP) is 3.68. The van der Waals surface area contributed by atoms with E-state index in [1.54, 1.807) is 19.5 Å². The molecular formula is C16H16ClN5O. The molecule has 0 unspecified atom stereocenters. The number of anilines is 2. The van der Waals surface area contributed by atoms with Gasteiger partial charge in [-0.15, -0.1) is 0 Å². The van der Waals surface area contributed by atoms with Crippen LogP contribution >= 0.6 is 11.6 Å². The highest BCUT2D eigenvalue weighted by Gasteiger charge is 2.08. The Bertz CT molecular complexity index is 826. The quantitative estimate of drug-likeness (QED) is 0.740. The van der Waals surface area contributed by atoms with E-state index in [-0.39, 0.29) is 0 Å². The number of nitrogens with one attached hydrogen (secondary N) is 1. The van der Waals surface area contributed by atoms with Gasteiger partial charge in [-0.05, 0) is 32.0 Å². The highest BCUT2D eigenvalue weighted by Crippen LogP contribution is 2.28. The van der Waals surface area contributed by atoms with Crippen LogP contribution in [0.15, 0.2) is 36.8 Å². The smallest absolute Gasteiger partial charge is 0.228 e. The normalized spacial score (nSPS) is 10.6. The molecule has 0 amide bonds. The third kappa shape index (κ3) is 3.43. The second kappa shape index (κ2) is 6.26. The van der Waals surface area contributed by atoms with Crippen LogP contribution in [0.1, 0.15) is 11.4 Å². The van der Waals surface area contributed by atoms with Crippen molar-refractivity contribution >= 4 is 23.2 Å². The Hall–Kier alpha value is -2.60. The van der Waals surface area contributed by atoms with Crippen LogP contribution in [-0.4, -0.2) is 26.6 Å². The number of rotatable bonds is 4. The summed E-state index contributed by atoms with van der Waals surface area (Å²) in [5.74, 6) is 1.16. The maximum absolute atomic E-state index is 5.96. The lowest BCUT2D eigenvalue weighted by atomic mass is 10.2. The van der Waals surface area contributed by atoms with Crippen LogP contribution in [0.4, 0.5) is 11.6 Å². The molecule has 0 saturated heterocycles. The molecule has 0 aliphatic heterocycles. The van der Waals surface area contributed by atoms with Gasteiger partial charge in [-0.1, -0.05) is 11.6 Å². The van der Waals surface area contributed by atoms with Gasteiger partial charge >= 0.3 is 0 Å². The number of benzene rings is 1. The van der Waals surface area contributed by atoms with Crippen LogP contribution in [0, 0.1) is 13.8 Å².